The maximum Gasteiger partial charge on any atom is 0.0926 e. The number of hydrogen-bond acceptors (Lipinski definition) is 3. The van der Waals surface area contributed by atoms with Crippen molar-refractivity contribution >= 4 is 64.7 Å². The third kappa shape index (κ3) is 4.57. The number of para-hydroxylation sites is 1. The number of fused-ring (bicyclic) bond motifs is 6. The predicted octanol–water partition coefficient (Wildman–Crippen LogP) is 10.5. The molecule has 4 heteroatoms. The van der Waals surface area contributed by atoms with Crippen LogP contribution in [0.15, 0.2) is 152 Å². The molecule has 3 nitrogen and oxygen atoms in total. The van der Waals surface area contributed by atoms with E-state index in [-0.39, 0.29) is 0 Å². The summed E-state index contributed by atoms with van der Waals surface area (Å²) in [5.74, 6) is 0. The van der Waals surface area contributed by atoms with Gasteiger partial charge in [0.05, 0.1) is 23.4 Å². The van der Waals surface area contributed by atoms with Crippen molar-refractivity contribution in [2.24, 2.45) is 0 Å². The normalized spacial score (nSPS) is 12.0. The standard InChI is InChI=1S/C40H29N3S/c41-35(27-12-3-1-4-13-27)25-36(28-14-5-2-6-15-28)42-26-43-37-20-9-7-16-31(37)32-23-22-29(24-38(32)43)30-18-11-19-34-33-17-8-10-21-39(33)44-40(30)34/h1-25,41-42H,26H2/b36-25-,41-35?. The minimum Gasteiger partial charge on any atom is -0.367 e. The van der Waals surface area contributed by atoms with Crippen molar-refractivity contribution in [3.05, 3.63) is 163 Å². The fraction of sp³-hybridized carbons (Fsp3) is 0.0250. The third-order valence-electron chi connectivity index (χ3n) is 8.37. The van der Waals surface area contributed by atoms with Crippen LogP contribution in [0.4, 0.5) is 0 Å². The topological polar surface area (TPSA) is 40.8 Å². The third-order valence-corrected chi connectivity index (χ3v) is 9.59. The van der Waals surface area contributed by atoms with Gasteiger partial charge in [-0.05, 0) is 46.5 Å². The Morgan fingerprint density at radius 2 is 1.27 bits per heavy atom. The first kappa shape index (κ1) is 26.2. The van der Waals surface area contributed by atoms with Gasteiger partial charge in [0.2, 0.25) is 0 Å². The number of thiophene rings is 1. The van der Waals surface area contributed by atoms with Crippen LogP contribution in [0.3, 0.4) is 0 Å². The van der Waals surface area contributed by atoms with Crippen molar-refractivity contribution in [2.45, 2.75) is 6.67 Å². The number of rotatable bonds is 7. The van der Waals surface area contributed by atoms with Gasteiger partial charge in [0.15, 0.2) is 0 Å². The summed E-state index contributed by atoms with van der Waals surface area (Å²) < 4.78 is 5.00. The highest BCUT2D eigenvalue weighted by molar-refractivity contribution is 7.26. The van der Waals surface area contributed by atoms with E-state index in [9.17, 15) is 0 Å². The minimum absolute atomic E-state index is 0.470. The van der Waals surface area contributed by atoms with E-state index in [1.54, 1.807) is 0 Å². The van der Waals surface area contributed by atoms with Gasteiger partial charge in [-0.3, -0.25) is 0 Å². The molecule has 8 rings (SSSR count). The summed E-state index contributed by atoms with van der Waals surface area (Å²) in [6, 6.07) is 51.0. The monoisotopic (exact) mass is 583 g/mol. The zero-order valence-electron chi connectivity index (χ0n) is 24.0. The quantitative estimate of drug-likeness (QED) is 0.180. The van der Waals surface area contributed by atoms with E-state index in [0.29, 0.717) is 12.4 Å². The Hall–Kier alpha value is -5.45. The second kappa shape index (κ2) is 11.0. The molecule has 0 aliphatic carbocycles. The molecule has 6 aromatic carbocycles. The first-order valence-corrected chi connectivity index (χ1v) is 15.6. The molecule has 0 amide bonds. The average Bonchev–Trinajstić information content (AvgIpc) is 3.62. The van der Waals surface area contributed by atoms with E-state index in [0.717, 1.165) is 16.8 Å². The highest BCUT2D eigenvalue weighted by Gasteiger charge is 2.15. The fourth-order valence-electron chi connectivity index (χ4n) is 6.23. The number of hydrogen-bond donors (Lipinski definition) is 2. The van der Waals surface area contributed by atoms with E-state index in [1.165, 1.54) is 53.1 Å². The molecule has 8 aromatic rings. The van der Waals surface area contributed by atoms with Gasteiger partial charge in [-0.15, -0.1) is 11.3 Å². The number of aromatic nitrogens is 1. The van der Waals surface area contributed by atoms with Crippen LogP contribution in [-0.2, 0) is 6.67 Å². The highest BCUT2D eigenvalue weighted by Crippen LogP contribution is 2.41. The van der Waals surface area contributed by atoms with Crippen molar-refractivity contribution in [3.8, 4) is 11.1 Å². The molecule has 0 aliphatic heterocycles. The number of allylic oxidation sites excluding steroid dienone is 1. The molecule has 0 unspecified atom stereocenters. The Morgan fingerprint density at radius 1 is 0.614 bits per heavy atom. The Kier molecular flexibility index (Phi) is 6.55. The highest BCUT2D eigenvalue weighted by atomic mass is 32.1. The van der Waals surface area contributed by atoms with Crippen LogP contribution < -0.4 is 5.32 Å². The smallest absolute Gasteiger partial charge is 0.0926 e. The number of nitrogens with zero attached hydrogens (tertiary/aromatic N) is 1. The van der Waals surface area contributed by atoms with Gasteiger partial charge < -0.3 is 15.3 Å². The van der Waals surface area contributed by atoms with E-state index in [4.69, 9.17) is 5.41 Å². The van der Waals surface area contributed by atoms with Crippen LogP contribution in [0.1, 0.15) is 11.1 Å². The van der Waals surface area contributed by atoms with Crippen molar-refractivity contribution in [3.63, 3.8) is 0 Å². The summed E-state index contributed by atoms with van der Waals surface area (Å²) in [6.07, 6.45) is 1.94. The molecule has 0 spiro atoms. The molecule has 2 aromatic heterocycles. The van der Waals surface area contributed by atoms with Crippen molar-refractivity contribution in [1.82, 2.24) is 9.88 Å². The van der Waals surface area contributed by atoms with E-state index < -0.39 is 0 Å². The lowest BCUT2D eigenvalue weighted by atomic mass is 10.0. The molecular formula is C40H29N3S. The second-order valence-electron chi connectivity index (χ2n) is 11.0. The summed E-state index contributed by atoms with van der Waals surface area (Å²) in [4.78, 5) is 0. The summed E-state index contributed by atoms with van der Waals surface area (Å²) in [5.41, 5.74) is 8.15. The molecule has 0 bridgehead atoms. The molecule has 2 N–H and O–H groups in total. The largest absolute Gasteiger partial charge is 0.367 e. The van der Waals surface area contributed by atoms with Crippen LogP contribution in [0.2, 0.25) is 0 Å². The summed E-state index contributed by atoms with van der Waals surface area (Å²) >= 11 is 1.87. The average molecular weight is 584 g/mol. The van der Waals surface area contributed by atoms with Gasteiger partial charge in [-0.1, -0.05) is 127 Å². The first-order chi connectivity index (χ1) is 21.7. The maximum absolute atomic E-state index is 8.83. The number of benzene rings is 6. The lowest BCUT2D eigenvalue weighted by Gasteiger charge is -2.15. The Morgan fingerprint density at radius 3 is 2.09 bits per heavy atom. The van der Waals surface area contributed by atoms with E-state index in [2.05, 4.69) is 107 Å². The first-order valence-electron chi connectivity index (χ1n) is 14.8. The van der Waals surface area contributed by atoms with E-state index >= 15 is 0 Å². The zero-order chi connectivity index (χ0) is 29.5. The van der Waals surface area contributed by atoms with Gasteiger partial charge in [0, 0.05) is 36.6 Å². The van der Waals surface area contributed by atoms with Gasteiger partial charge in [0.25, 0.3) is 0 Å². The van der Waals surface area contributed by atoms with Gasteiger partial charge in [-0.25, -0.2) is 0 Å². The fourth-order valence-corrected chi connectivity index (χ4v) is 7.46. The molecule has 2 heterocycles. The van der Waals surface area contributed by atoms with Crippen molar-refractivity contribution < 1.29 is 0 Å². The summed E-state index contributed by atoms with van der Waals surface area (Å²) in [5, 5.41) is 17.6. The second-order valence-corrected chi connectivity index (χ2v) is 12.0. The Labute approximate surface area is 259 Å². The van der Waals surface area contributed by atoms with Crippen molar-refractivity contribution in [2.75, 3.05) is 0 Å². The zero-order valence-corrected chi connectivity index (χ0v) is 24.8. The number of nitrogens with one attached hydrogen (secondary N) is 2. The molecule has 0 fully saturated rings. The van der Waals surface area contributed by atoms with Gasteiger partial charge >= 0.3 is 0 Å². The van der Waals surface area contributed by atoms with Crippen LogP contribution in [0.25, 0.3) is 58.8 Å². The van der Waals surface area contributed by atoms with Crippen LogP contribution >= 0.6 is 11.3 Å². The van der Waals surface area contributed by atoms with Gasteiger partial charge in [-0.2, -0.15) is 0 Å². The van der Waals surface area contributed by atoms with Crippen molar-refractivity contribution in [1.29, 1.82) is 5.41 Å². The molecule has 0 saturated carbocycles. The lowest BCUT2D eigenvalue weighted by Crippen LogP contribution is -2.18. The molecular weight excluding hydrogens is 555 g/mol. The summed E-state index contributed by atoms with van der Waals surface area (Å²) in [6.45, 7) is 0.559. The SMILES string of the molecule is N=C(/C=C(\NCn1c2ccccc2c2ccc(-c3cccc4c3sc3ccccc34)cc21)c1ccccc1)c1ccccc1. The van der Waals surface area contributed by atoms with Crippen LogP contribution in [0, 0.1) is 5.41 Å². The molecule has 0 radical (unpaired) electrons. The van der Waals surface area contributed by atoms with Gasteiger partial charge in [0.1, 0.15) is 0 Å². The molecule has 44 heavy (non-hydrogen) atoms. The minimum atomic E-state index is 0.470. The van der Waals surface area contributed by atoms with Crippen LogP contribution in [0.5, 0.6) is 0 Å². The maximum atomic E-state index is 8.83. The summed E-state index contributed by atoms with van der Waals surface area (Å²) in [7, 11) is 0. The van der Waals surface area contributed by atoms with Crippen LogP contribution in [-0.4, -0.2) is 10.3 Å². The van der Waals surface area contributed by atoms with E-state index in [1.807, 2.05) is 65.9 Å². The molecule has 210 valence electrons. The molecule has 0 aliphatic rings. The Balaban J connectivity index is 1.24. The molecule has 0 atom stereocenters. The Bertz CT molecular complexity index is 2340. The predicted molar refractivity (Wildman–Crippen MR) is 189 cm³/mol. The molecule has 0 saturated heterocycles. The lowest BCUT2D eigenvalue weighted by molar-refractivity contribution is 0.696.